The van der Waals surface area contributed by atoms with Crippen molar-refractivity contribution >= 4 is 17.5 Å². The second kappa shape index (κ2) is 4.97. The number of carbonyl (C=O) groups excluding carboxylic acids is 1. The molecule has 0 bridgehead atoms. The molecule has 88 valence electrons. The lowest BCUT2D eigenvalue weighted by molar-refractivity contribution is 0.0779. The van der Waals surface area contributed by atoms with Crippen LogP contribution < -0.4 is 0 Å². The van der Waals surface area contributed by atoms with Crippen molar-refractivity contribution in [2.24, 2.45) is 0 Å². The number of rotatable bonds is 3. The van der Waals surface area contributed by atoms with E-state index in [0.29, 0.717) is 17.3 Å². The van der Waals surface area contributed by atoms with E-state index in [1.807, 2.05) is 18.2 Å². The van der Waals surface area contributed by atoms with Crippen LogP contribution in [-0.4, -0.2) is 33.3 Å². The average molecular weight is 251 g/mol. The monoisotopic (exact) mass is 250 g/mol. The van der Waals surface area contributed by atoms with Gasteiger partial charge >= 0.3 is 0 Å². The van der Waals surface area contributed by atoms with Gasteiger partial charge in [-0.1, -0.05) is 29.8 Å². The van der Waals surface area contributed by atoms with Crippen molar-refractivity contribution < 1.29 is 4.79 Å². The minimum absolute atomic E-state index is 0.196. The normalized spacial score (nSPS) is 10.2. The molecule has 1 heterocycles. The number of hydrogen-bond donors (Lipinski definition) is 1. The Bertz CT molecular complexity index is 512. The summed E-state index contributed by atoms with van der Waals surface area (Å²) >= 11 is 6.03. The maximum Gasteiger partial charge on any atom is 0.276 e. The first-order chi connectivity index (χ1) is 8.18. The average Bonchev–Trinajstić information content (AvgIpc) is 2.84. The molecule has 0 fully saturated rings. The minimum Gasteiger partial charge on any atom is -0.336 e. The Hall–Kier alpha value is -1.88. The summed E-state index contributed by atoms with van der Waals surface area (Å²) in [5.74, 6) is -0.196. The van der Waals surface area contributed by atoms with Crippen molar-refractivity contribution in [2.75, 3.05) is 7.05 Å². The van der Waals surface area contributed by atoms with Gasteiger partial charge in [-0.3, -0.25) is 4.79 Å². The predicted octanol–water partition coefficient (Wildman–Crippen LogP) is 1.73. The highest BCUT2D eigenvalue weighted by molar-refractivity contribution is 6.31. The van der Waals surface area contributed by atoms with Gasteiger partial charge in [0.25, 0.3) is 5.91 Å². The van der Waals surface area contributed by atoms with E-state index >= 15 is 0 Å². The summed E-state index contributed by atoms with van der Waals surface area (Å²) in [5, 5.41) is 10.4. The van der Waals surface area contributed by atoms with Crippen LogP contribution in [0.2, 0.25) is 5.02 Å². The molecule has 0 aliphatic heterocycles. The summed E-state index contributed by atoms with van der Waals surface area (Å²) in [6.07, 6.45) is 1.39. The number of carbonyl (C=O) groups is 1. The van der Waals surface area contributed by atoms with Crippen molar-refractivity contribution in [3.8, 4) is 0 Å². The predicted molar refractivity (Wildman–Crippen MR) is 63.6 cm³/mol. The molecule has 5 nitrogen and oxygen atoms in total. The van der Waals surface area contributed by atoms with Crippen molar-refractivity contribution in [1.82, 2.24) is 20.3 Å². The highest BCUT2D eigenvalue weighted by Crippen LogP contribution is 2.16. The first-order valence-electron chi connectivity index (χ1n) is 5.03. The standard InChI is InChI=1S/C11H11ClN4O/c1-16(11(17)10-6-13-15-14-10)7-8-4-2-3-5-9(8)12/h2-6H,7H2,1H3,(H,13,14,15). The maximum atomic E-state index is 11.9. The second-order valence-corrected chi connectivity index (χ2v) is 4.02. The van der Waals surface area contributed by atoms with Crippen LogP contribution in [0.3, 0.4) is 0 Å². The molecule has 1 N–H and O–H groups in total. The van der Waals surface area contributed by atoms with E-state index in [0.717, 1.165) is 5.56 Å². The molecule has 0 spiro atoms. The molecule has 1 amide bonds. The number of nitrogens with one attached hydrogen (secondary N) is 1. The molecule has 6 heteroatoms. The van der Waals surface area contributed by atoms with E-state index in [2.05, 4.69) is 15.4 Å². The molecule has 2 aromatic rings. The van der Waals surface area contributed by atoms with E-state index in [-0.39, 0.29) is 5.91 Å². The van der Waals surface area contributed by atoms with E-state index < -0.39 is 0 Å². The van der Waals surface area contributed by atoms with Gasteiger partial charge in [0, 0.05) is 18.6 Å². The molecule has 2 rings (SSSR count). The summed E-state index contributed by atoms with van der Waals surface area (Å²) in [4.78, 5) is 13.4. The van der Waals surface area contributed by atoms with Crippen LogP contribution in [-0.2, 0) is 6.54 Å². The quantitative estimate of drug-likeness (QED) is 0.902. The third-order valence-electron chi connectivity index (χ3n) is 2.35. The molecular weight excluding hydrogens is 240 g/mol. The number of halogens is 1. The fourth-order valence-corrected chi connectivity index (χ4v) is 1.65. The number of H-pyrrole nitrogens is 1. The summed E-state index contributed by atoms with van der Waals surface area (Å²) in [7, 11) is 1.69. The Balaban J connectivity index is 2.10. The first kappa shape index (κ1) is 11.6. The number of aromatic nitrogens is 3. The second-order valence-electron chi connectivity index (χ2n) is 3.61. The molecule has 0 saturated carbocycles. The van der Waals surface area contributed by atoms with Gasteiger partial charge in [0.1, 0.15) is 0 Å². The highest BCUT2D eigenvalue weighted by atomic mass is 35.5. The van der Waals surface area contributed by atoms with Gasteiger partial charge in [-0.25, -0.2) is 0 Å². The SMILES string of the molecule is CN(Cc1ccccc1Cl)C(=O)c1cn[nH]n1. The van der Waals surface area contributed by atoms with E-state index in [4.69, 9.17) is 11.6 Å². The fraction of sp³-hybridized carbons (Fsp3) is 0.182. The van der Waals surface area contributed by atoms with Gasteiger partial charge in [0.05, 0.1) is 6.20 Å². The minimum atomic E-state index is -0.196. The summed E-state index contributed by atoms with van der Waals surface area (Å²) < 4.78 is 0. The zero-order chi connectivity index (χ0) is 12.3. The summed E-state index contributed by atoms with van der Waals surface area (Å²) in [6, 6.07) is 7.42. The Morgan fingerprint density at radius 3 is 2.88 bits per heavy atom. The number of aromatic amines is 1. The lowest BCUT2D eigenvalue weighted by Crippen LogP contribution is -2.26. The van der Waals surface area contributed by atoms with Crippen molar-refractivity contribution in [2.45, 2.75) is 6.54 Å². The number of amides is 1. The van der Waals surface area contributed by atoms with Crippen LogP contribution >= 0.6 is 11.6 Å². The van der Waals surface area contributed by atoms with Gasteiger partial charge in [-0.05, 0) is 11.6 Å². The fourth-order valence-electron chi connectivity index (χ4n) is 1.45. The molecule has 0 unspecified atom stereocenters. The Morgan fingerprint density at radius 2 is 2.24 bits per heavy atom. The van der Waals surface area contributed by atoms with Crippen LogP contribution in [0.15, 0.2) is 30.5 Å². The van der Waals surface area contributed by atoms with Crippen molar-refractivity contribution in [3.63, 3.8) is 0 Å². The van der Waals surface area contributed by atoms with Crippen LogP contribution in [0.1, 0.15) is 16.1 Å². The zero-order valence-corrected chi connectivity index (χ0v) is 9.98. The van der Waals surface area contributed by atoms with Crippen molar-refractivity contribution in [1.29, 1.82) is 0 Å². The van der Waals surface area contributed by atoms with E-state index in [9.17, 15) is 4.79 Å². The Labute approximate surface area is 103 Å². The Morgan fingerprint density at radius 1 is 1.47 bits per heavy atom. The van der Waals surface area contributed by atoms with Gasteiger partial charge in [0.15, 0.2) is 5.69 Å². The molecule has 1 aromatic carbocycles. The van der Waals surface area contributed by atoms with E-state index in [1.54, 1.807) is 18.0 Å². The van der Waals surface area contributed by atoms with Gasteiger partial charge in [-0.15, -0.1) is 0 Å². The zero-order valence-electron chi connectivity index (χ0n) is 9.22. The van der Waals surface area contributed by atoms with Crippen LogP contribution in [0.5, 0.6) is 0 Å². The number of benzene rings is 1. The van der Waals surface area contributed by atoms with Gasteiger partial charge in [0.2, 0.25) is 0 Å². The van der Waals surface area contributed by atoms with E-state index in [1.165, 1.54) is 6.20 Å². The third kappa shape index (κ3) is 2.62. The summed E-state index contributed by atoms with van der Waals surface area (Å²) in [6.45, 7) is 0.436. The maximum absolute atomic E-state index is 11.9. The number of hydrogen-bond acceptors (Lipinski definition) is 3. The molecule has 0 atom stereocenters. The molecule has 0 aliphatic rings. The number of nitrogens with zero attached hydrogens (tertiary/aromatic N) is 3. The molecule has 0 radical (unpaired) electrons. The molecule has 1 aromatic heterocycles. The topological polar surface area (TPSA) is 61.9 Å². The lowest BCUT2D eigenvalue weighted by atomic mass is 10.2. The molecule has 0 aliphatic carbocycles. The summed E-state index contributed by atoms with van der Waals surface area (Å²) in [5.41, 5.74) is 1.19. The first-order valence-corrected chi connectivity index (χ1v) is 5.41. The molecule has 17 heavy (non-hydrogen) atoms. The Kier molecular flexibility index (Phi) is 3.39. The molecular formula is C11H11ClN4O. The third-order valence-corrected chi connectivity index (χ3v) is 2.71. The van der Waals surface area contributed by atoms with Crippen LogP contribution in [0.25, 0.3) is 0 Å². The lowest BCUT2D eigenvalue weighted by Gasteiger charge is -2.16. The largest absolute Gasteiger partial charge is 0.336 e. The molecule has 0 saturated heterocycles. The van der Waals surface area contributed by atoms with Crippen LogP contribution in [0.4, 0.5) is 0 Å². The van der Waals surface area contributed by atoms with Gasteiger partial charge < -0.3 is 4.90 Å². The highest BCUT2D eigenvalue weighted by Gasteiger charge is 2.15. The van der Waals surface area contributed by atoms with Crippen molar-refractivity contribution in [3.05, 3.63) is 46.7 Å². The van der Waals surface area contributed by atoms with Gasteiger partial charge in [-0.2, -0.15) is 15.4 Å². The smallest absolute Gasteiger partial charge is 0.276 e. The van der Waals surface area contributed by atoms with Crippen LogP contribution in [0, 0.1) is 0 Å².